The Bertz CT molecular complexity index is 815. The van der Waals surface area contributed by atoms with E-state index in [9.17, 15) is 4.39 Å². The maximum Gasteiger partial charge on any atom is 0.191 e. The first kappa shape index (κ1) is 21.1. The Morgan fingerprint density at radius 1 is 1.31 bits per heavy atom. The summed E-state index contributed by atoms with van der Waals surface area (Å²) in [5.41, 5.74) is 1.79. The minimum atomic E-state index is -0.146. The number of anilines is 1. The Balaban J connectivity index is 1.44. The van der Waals surface area contributed by atoms with Crippen molar-refractivity contribution < 1.29 is 4.39 Å². The van der Waals surface area contributed by atoms with Crippen molar-refractivity contribution in [2.75, 3.05) is 31.6 Å². The molecule has 1 atom stereocenters. The van der Waals surface area contributed by atoms with Gasteiger partial charge in [-0.3, -0.25) is 4.99 Å². The van der Waals surface area contributed by atoms with E-state index in [4.69, 9.17) is 0 Å². The monoisotopic (exact) mass is 400 g/mol. The van der Waals surface area contributed by atoms with Crippen molar-refractivity contribution in [3.8, 4) is 0 Å². The van der Waals surface area contributed by atoms with Crippen LogP contribution in [0.2, 0.25) is 0 Å². The number of rotatable bonds is 7. The van der Waals surface area contributed by atoms with Crippen molar-refractivity contribution >= 4 is 11.6 Å². The predicted molar refractivity (Wildman–Crippen MR) is 117 cm³/mol. The third-order valence-electron chi connectivity index (χ3n) is 5.47. The molecule has 1 aromatic heterocycles. The molecular weight excluding hydrogens is 367 g/mol. The number of nitrogens with zero attached hydrogens (tertiary/aromatic N) is 4. The predicted octanol–water partition coefficient (Wildman–Crippen LogP) is 3.25. The normalized spacial score (nSPS) is 17.4. The third kappa shape index (κ3) is 5.95. The first-order chi connectivity index (χ1) is 14.1. The number of aliphatic imine (C=N–C) groups is 1. The molecule has 0 spiro atoms. The second kappa shape index (κ2) is 10.3. The highest BCUT2D eigenvalue weighted by molar-refractivity contribution is 5.80. The number of aryl methyl sites for hydroxylation is 3. The third-order valence-corrected chi connectivity index (χ3v) is 5.47. The number of nitrogens with one attached hydrogen (secondary N) is 2. The smallest absolute Gasteiger partial charge is 0.191 e. The lowest BCUT2D eigenvalue weighted by Gasteiger charge is -2.35. The van der Waals surface area contributed by atoms with Gasteiger partial charge in [-0.15, -0.1) is 0 Å². The van der Waals surface area contributed by atoms with Gasteiger partial charge >= 0.3 is 0 Å². The molecule has 0 radical (unpaired) electrons. The molecular formula is C22H33FN6. The molecule has 3 rings (SSSR count). The zero-order valence-electron chi connectivity index (χ0n) is 17.8. The summed E-state index contributed by atoms with van der Waals surface area (Å²) in [7, 11) is 1.80. The fraction of sp³-hybridized carbons (Fsp3) is 0.545. The SMILES string of the molecule is CN=C(NCCCCn1ccnc1C)NC1CCCN(c2cc(C)ccc2F)C1. The Morgan fingerprint density at radius 3 is 2.93 bits per heavy atom. The van der Waals surface area contributed by atoms with Gasteiger partial charge in [0.2, 0.25) is 0 Å². The lowest BCUT2D eigenvalue weighted by molar-refractivity contribution is 0.462. The lowest BCUT2D eigenvalue weighted by atomic mass is 10.0. The number of piperidine rings is 1. The fourth-order valence-corrected chi connectivity index (χ4v) is 3.82. The molecule has 7 heteroatoms. The van der Waals surface area contributed by atoms with Crippen molar-refractivity contribution in [1.82, 2.24) is 20.2 Å². The van der Waals surface area contributed by atoms with E-state index in [0.29, 0.717) is 5.69 Å². The Morgan fingerprint density at radius 2 is 2.17 bits per heavy atom. The van der Waals surface area contributed by atoms with Crippen LogP contribution < -0.4 is 15.5 Å². The van der Waals surface area contributed by atoms with Gasteiger partial charge in [-0.1, -0.05) is 6.07 Å². The standard InChI is InChI=1S/C22H33FN6/c1-17-8-9-20(23)21(15-17)29-13-6-7-19(16-29)27-22(24-3)26-10-4-5-12-28-14-11-25-18(28)2/h8-9,11,14-15,19H,4-7,10,12-13,16H2,1-3H3,(H2,24,26,27). The van der Waals surface area contributed by atoms with Crippen LogP contribution in [0.1, 0.15) is 37.1 Å². The molecule has 0 aliphatic carbocycles. The minimum Gasteiger partial charge on any atom is -0.367 e. The number of imidazole rings is 1. The summed E-state index contributed by atoms with van der Waals surface area (Å²) >= 11 is 0. The molecule has 1 unspecified atom stereocenters. The molecule has 158 valence electrons. The van der Waals surface area contributed by atoms with Gasteiger partial charge in [-0.25, -0.2) is 9.37 Å². The largest absolute Gasteiger partial charge is 0.367 e. The zero-order valence-corrected chi connectivity index (χ0v) is 17.8. The van der Waals surface area contributed by atoms with Crippen LogP contribution in [0.4, 0.5) is 10.1 Å². The molecule has 29 heavy (non-hydrogen) atoms. The number of halogens is 1. The highest BCUT2D eigenvalue weighted by atomic mass is 19.1. The topological polar surface area (TPSA) is 57.5 Å². The van der Waals surface area contributed by atoms with E-state index >= 15 is 0 Å². The second-order valence-electron chi connectivity index (χ2n) is 7.76. The van der Waals surface area contributed by atoms with E-state index in [2.05, 4.69) is 30.1 Å². The van der Waals surface area contributed by atoms with Crippen LogP contribution in [-0.4, -0.2) is 48.2 Å². The maximum absolute atomic E-state index is 14.3. The van der Waals surface area contributed by atoms with Crippen LogP contribution >= 0.6 is 0 Å². The number of unbranched alkanes of at least 4 members (excludes halogenated alkanes) is 1. The van der Waals surface area contributed by atoms with E-state index < -0.39 is 0 Å². The van der Waals surface area contributed by atoms with Gasteiger partial charge in [0.1, 0.15) is 11.6 Å². The molecule has 0 saturated carbocycles. The summed E-state index contributed by atoms with van der Waals surface area (Å²) in [5.74, 6) is 1.73. The van der Waals surface area contributed by atoms with Gasteiger partial charge in [0.25, 0.3) is 0 Å². The van der Waals surface area contributed by atoms with Gasteiger partial charge < -0.3 is 20.1 Å². The Kier molecular flexibility index (Phi) is 7.49. The first-order valence-corrected chi connectivity index (χ1v) is 10.5. The number of guanidine groups is 1. The first-order valence-electron chi connectivity index (χ1n) is 10.5. The average Bonchev–Trinajstić information content (AvgIpc) is 3.13. The van der Waals surface area contributed by atoms with Crippen molar-refractivity contribution in [1.29, 1.82) is 0 Å². The summed E-state index contributed by atoms with van der Waals surface area (Å²) < 4.78 is 16.4. The van der Waals surface area contributed by atoms with Crippen molar-refractivity contribution in [2.45, 2.75) is 52.1 Å². The Hall–Kier alpha value is -2.57. The lowest BCUT2D eigenvalue weighted by Crippen LogP contribution is -2.51. The molecule has 1 fully saturated rings. The minimum absolute atomic E-state index is 0.146. The number of hydrogen-bond acceptors (Lipinski definition) is 3. The van der Waals surface area contributed by atoms with E-state index in [-0.39, 0.29) is 11.9 Å². The van der Waals surface area contributed by atoms with Crippen molar-refractivity contribution in [3.05, 3.63) is 47.8 Å². The van der Waals surface area contributed by atoms with Crippen LogP contribution in [0.5, 0.6) is 0 Å². The molecule has 1 saturated heterocycles. The highest BCUT2D eigenvalue weighted by Crippen LogP contribution is 2.24. The summed E-state index contributed by atoms with van der Waals surface area (Å²) in [4.78, 5) is 10.8. The zero-order chi connectivity index (χ0) is 20.6. The quantitative estimate of drug-likeness (QED) is 0.426. The van der Waals surface area contributed by atoms with E-state index in [1.54, 1.807) is 13.1 Å². The molecule has 6 nitrogen and oxygen atoms in total. The molecule has 2 N–H and O–H groups in total. The van der Waals surface area contributed by atoms with Gasteiger partial charge in [-0.05, 0) is 57.2 Å². The van der Waals surface area contributed by atoms with Gasteiger partial charge in [0.15, 0.2) is 5.96 Å². The van der Waals surface area contributed by atoms with Crippen LogP contribution in [-0.2, 0) is 6.54 Å². The molecule has 2 heterocycles. The molecule has 1 aliphatic heterocycles. The summed E-state index contributed by atoms with van der Waals surface area (Å²) in [6, 6.07) is 5.57. The van der Waals surface area contributed by atoms with Crippen molar-refractivity contribution in [3.63, 3.8) is 0 Å². The average molecular weight is 401 g/mol. The van der Waals surface area contributed by atoms with E-state index in [1.165, 1.54) is 0 Å². The van der Waals surface area contributed by atoms with Gasteiger partial charge in [-0.2, -0.15) is 0 Å². The van der Waals surface area contributed by atoms with Crippen LogP contribution in [0.3, 0.4) is 0 Å². The number of hydrogen-bond donors (Lipinski definition) is 2. The van der Waals surface area contributed by atoms with Gasteiger partial charge in [0.05, 0.1) is 5.69 Å². The van der Waals surface area contributed by atoms with E-state index in [0.717, 1.165) is 69.2 Å². The van der Waals surface area contributed by atoms with Crippen molar-refractivity contribution in [2.24, 2.45) is 4.99 Å². The molecule has 0 bridgehead atoms. The second-order valence-corrected chi connectivity index (χ2v) is 7.76. The van der Waals surface area contributed by atoms with Crippen LogP contribution in [0, 0.1) is 19.7 Å². The number of aromatic nitrogens is 2. The molecule has 2 aromatic rings. The van der Waals surface area contributed by atoms with Gasteiger partial charge in [0, 0.05) is 51.7 Å². The molecule has 1 aromatic carbocycles. The van der Waals surface area contributed by atoms with Crippen LogP contribution in [0.25, 0.3) is 0 Å². The molecule has 0 amide bonds. The summed E-state index contributed by atoms with van der Waals surface area (Å²) in [5, 5.41) is 6.92. The number of benzene rings is 1. The summed E-state index contributed by atoms with van der Waals surface area (Å²) in [6.07, 6.45) is 8.11. The fourth-order valence-electron chi connectivity index (χ4n) is 3.82. The highest BCUT2D eigenvalue weighted by Gasteiger charge is 2.22. The summed E-state index contributed by atoms with van der Waals surface area (Å²) in [6.45, 7) is 7.55. The molecule has 1 aliphatic rings. The maximum atomic E-state index is 14.3. The van der Waals surface area contributed by atoms with E-state index in [1.807, 2.05) is 38.4 Å². The Labute approximate surface area is 173 Å². The van der Waals surface area contributed by atoms with Crippen LogP contribution in [0.15, 0.2) is 35.6 Å².